The predicted molar refractivity (Wildman–Crippen MR) is 89.9 cm³/mol. The molecular formula is C15H22BrClN2O2. The second kappa shape index (κ2) is 9.41. The molecule has 0 bridgehead atoms. The van der Waals surface area contributed by atoms with Gasteiger partial charge >= 0.3 is 0 Å². The fourth-order valence-electron chi connectivity index (χ4n) is 2.32. The SMILES string of the molecule is CC(Cc1ccc(Br)cc1)NC(=O)CC1CNCCO1.Cl. The van der Waals surface area contributed by atoms with Crippen LogP contribution in [0.5, 0.6) is 0 Å². The molecular weight excluding hydrogens is 356 g/mol. The Morgan fingerprint density at radius 1 is 1.48 bits per heavy atom. The summed E-state index contributed by atoms with van der Waals surface area (Å²) in [5.74, 6) is 0.0586. The Labute approximate surface area is 140 Å². The molecule has 1 fully saturated rings. The van der Waals surface area contributed by atoms with Gasteiger partial charge in [0, 0.05) is 23.6 Å². The molecule has 1 aromatic rings. The van der Waals surface area contributed by atoms with Crippen LogP contribution in [0.25, 0.3) is 0 Å². The number of carbonyl (C=O) groups excluding carboxylic acids is 1. The number of hydrogen-bond acceptors (Lipinski definition) is 3. The van der Waals surface area contributed by atoms with Crippen molar-refractivity contribution < 1.29 is 9.53 Å². The zero-order valence-corrected chi connectivity index (χ0v) is 14.5. The van der Waals surface area contributed by atoms with Crippen LogP contribution in [0.3, 0.4) is 0 Å². The second-order valence-corrected chi connectivity index (χ2v) is 6.12. The third kappa shape index (κ3) is 6.78. The lowest BCUT2D eigenvalue weighted by Gasteiger charge is -2.24. The number of carbonyl (C=O) groups is 1. The molecule has 0 aliphatic carbocycles. The molecule has 2 rings (SSSR count). The van der Waals surface area contributed by atoms with Gasteiger partial charge < -0.3 is 15.4 Å². The van der Waals surface area contributed by atoms with E-state index in [4.69, 9.17) is 4.74 Å². The van der Waals surface area contributed by atoms with E-state index in [2.05, 4.69) is 38.7 Å². The standard InChI is InChI=1S/C15H21BrN2O2.ClH/c1-11(8-12-2-4-13(16)5-3-12)18-15(19)9-14-10-17-6-7-20-14;/h2-5,11,14,17H,6-10H2,1H3,(H,18,19);1H. The van der Waals surface area contributed by atoms with Gasteiger partial charge in [0.15, 0.2) is 0 Å². The average molecular weight is 378 g/mol. The highest BCUT2D eigenvalue weighted by atomic mass is 79.9. The zero-order valence-electron chi connectivity index (χ0n) is 12.1. The molecule has 0 aromatic heterocycles. The van der Waals surface area contributed by atoms with E-state index >= 15 is 0 Å². The predicted octanol–water partition coefficient (Wildman–Crippen LogP) is 2.30. The van der Waals surface area contributed by atoms with Gasteiger partial charge in [-0.05, 0) is 31.0 Å². The van der Waals surface area contributed by atoms with Gasteiger partial charge in [0.2, 0.25) is 5.91 Å². The van der Waals surface area contributed by atoms with E-state index in [0.29, 0.717) is 13.0 Å². The van der Waals surface area contributed by atoms with Crippen molar-refractivity contribution in [2.75, 3.05) is 19.7 Å². The number of ether oxygens (including phenoxy) is 1. The quantitative estimate of drug-likeness (QED) is 0.828. The Morgan fingerprint density at radius 2 is 2.19 bits per heavy atom. The second-order valence-electron chi connectivity index (χ2n) is 5.20. The number of benzene rings is 1. The van der Waals surface area contributed by atoms with Crippen LogP contribution in [0.1, 0.15) is 18.9 Å². The van der Waals surface area contributed by atoms with Gasteiger partial charge in [-0.2, -0.15) is 0 Å². The Bertz CT molecular complexity index is 436. The first-order valence-corrected chi connectivity index (χ1v) is 7.79. The van der Waals surface area contributed by atoms with Gasteiger partial charge in [0.1, 0.15) is 0 Å². The minimum atomic E-state index is 0. The zero-order chi connectivity index (χ0) is 14.4. The third-order valence-corrected chi connectivity index (χ3v) is 3.81. The number of hydrogen-bond donors (Lipinski definition) is 2. The van der Waals surface area contributed by atoms with Crippen LogP contribution in [-0.4, -0.2) is 37.7 Å². The number of nitrogens with one attached hydrogen (secondary N) is 2. The van der Waals surface area contributed by atoms with E-state index in [1.54, 1.807) is 0 Å². The van der Waals surface area contributed by atoms with Crippen molar-refractivity contribution in [2.45, 2.75) is 31.9 Å². The summed E-state index contributed by atoms with van der Waals surface area (Å²) in [6, 6.07) is 8.30. The molecule has 2 atom stereocenters. The molecule has 2 N–H and O–H groups in total. The molecule has 1 aromatic carbocycles. The lowest BCUT2D eigenvalue weighted by molar-refractivity contribution is -0.125. The molecule has 4 nitrogen and oxygen atoms in total. The molecule has 1 aliphatic rings. The van der Waals surface area contributed by atoms with Crippen molar-refractivity contribution in [3.63, 3.8) is 0 Å². The smallest absolute Gasteiger partial charge is 0.222 e. The van der Waals surface area contributed by atoms with Crippen molar-refractivity contribution in [3.05, 3.63) is 34.3 Å². The van der Waals surface area contributed by atoms with Gasteiger partial charge in [-0.3, -0.25) is 4.79 Å². The van der Waals surface area contributed by atoms with Crippen molar-refractivity contribution in [3.8, 4) is 0 Å². The van der Waals surface area contributed by atoms with Crippen LogP contribution in [-0.2, 0) is 16.0 Å². The molecule has 1 heterocycles. The van der Waals surface area contributed by atoms with Crippen molar-refractivity contribution in [2.24, 2.45) is 0 Å². The average Bonchev–Trinajstić information content (AvgIpc) is 2.42. The van der Waals surface area contributed by atoms with E-state index in [-0.39, 0.29) is 30.5 Å². The maximum Gasteiger partial charge on any atom is 0.222 e. The summed E-state index contributed by atoms with van der Waals surface area (Å²) in [5, 5.41) is 6.26. The molecule has 1 amide bonds. The first kappa shape index (κ1) is 18.4. The van der Waals surface area contributed by atoms with Crippen LogP contribution in [0.4, 0.5) is 0 Å². The molecule has 118 valence electrons. The molecule has 0 radical (unpaired) electrons. The van der Waals surface area contributed by atoms with Gasteiger partial charge in [-0.1, -0.05) is 28.1 Å². The lowest BCUT2D eigenvalue weighted by Crippen LogP contribution is -2.43. The van der Waals surface area contributed by atoms with Gasteiger partial charge in [0.25, 0.3) is 0 Å². The molecule has 6 heteroatoms. The molecule has 1 saturated heterocycles. The first-order valence-electron chi connectivity index (χ1n) is 6.99. The fourth-order valence-corrected chi connectivity index (χ4v) is 2.58. The number of morpholine rings is 1. The van der Waals surface area contributed by atoms with Crippen molar-refractivity contribution in [1.29, 1.82) is 0 Å². The van der Waals surface area contributed by atoms with E-state index in [1.807, 2.05) is 19.1 Å². The highest BCUT2D eigenvalue weighted by Crippen LogP contribution is 2.12. The van der Waals surface area contributed by atoms with Crippen LogP contribution in [0, 0.1) is 0 Å². The summed E-state index contributed by atoms with van der Waals surface area (Å²) in [4.78, 5) is 11.9. The lowest BCUT2D eigenvalue weighted by atomic mass is 10.1. The van der Waals surface area contributed by atoms with E-state index in [0.717, 1.165) is 24.0 Å². The summed E-state index contributed by atoms with van der Waals surface area (Å²) in [6.07, 6.45) is 1.27. The monoisotopic (exact) mass is 376 g/mol. The largest absolute Gasteiger partial charge is 0.375 e. The minimum absolute atomic E-state index is 0. The van der Waals surface area contributed by atoms with Crippen LogP contribution in [0.2, 0.25) is 0 Å². The van der Waals surface area contributed by atoms with Crippen LogP contribution < -0.4 is 10.6 Å². The maximum absolute atomic E-state index is 11.9. The summed E-state index contributed by atoms with van der Waals surface area (Å²) in [5.41, 5.74) is 1.22. The molecule has 21 heavy (non-hydrogen) atoms. The van der Waals surface area contributed by atoms with Crippen molar-refractivity contribution >= 4 is 34.2 Å². The Hall–Kier alpha value is -0.620. The topological polar surface area (TPSA) is 50.4 Å². The number of rotatable bonds is 5. The van der Waals surface area contributed by atoms with Gasteiger partial charge in [0.05, 0.1) is 19.1 Å². The highest BCUT2D eigenvalue weighted by Gasteiger charge is 2.18. The van der Waals surface area contributed by atoms with E-state index in [9.17, 15) is 4.79 Å². The molecule has 0 saturated carbocycles. The summed E-state index contributed by atoms with van der Waals surface area (Å²) >= 11 is 3.42. The minimum Gasteiger partial charge on any atom is -0.375 e. The first-order chi connectivity index (χ1) is 9.63. The fraction of sp³-hybridized carbons (Fsp3) is 0.533. The Kier molecular flexibility index (Phi) is 8.26. The normalized spacial score (nSPS) is 19.4. The Balaban J connectivity index is 0.00000220. The third-order valence-electron chi connectivity index (χ3n) is 3.28. The molecule has 1 aliphatic heterocycles. The molecule has 2 unspecified atom stereocenters. The Morgan fingerprint density at radius 3 is 2.81 bits per heavy atom. The van der Waals surface area contributed by atoms with Crippen LogP contribution in [0.15, 0.2) is 28.7 Å². The number of amides is 1. The number of halogens is 2. The summed E-state index contributed by atoms with van der Waals surface area (Å²) in [7, 11) is 0. The van der Waals surface area contributed by atoms with Gasteiger partial charge in [-0.25, -0.2) is 0 Å². The highest BCUT2D eigenvalue weighted by molar-refractivity contribution is 9.10. The van der Waals surface area contributed by atoms with E-state index in [1.165, 1.54) is 5.56 Å². The molecule has 0 spiro atoms. The van der Waals surface area contributed by atoms with Gasteiger partial charge in [-0.15, -0.1) is 12.4 Å². The summed E-state index contributed by atoms with van der Waals surface area (Å²) in [6.45, 7) is 4.35. The maximum atomic E-state index is 11.9. The van der Waals surface area contributed by atoms with Crippen molar-refractivity contribution in [1.82, 2.24) is 10.6 Å². The summed E-state index contributed by atoms with van der Waals surface area (Å²) < 4.78 is 6.60. The van der Waals surface area contributed by atoms with E-state index < -0.39 is 0 Å². The van der Waals surface area contributed by atoms with Crippen LogP contribution >= 0.6 is 28.3 Å².